The number of hydrogen-bond donors (Lipinski definition) is 2. The molecule has 126 valence electrons. The molecule has 3 rings (SSSR count). The lowest BCUT2D eigenvalue weighted by Gasteiger charge is -2.29. The minimum Gasteiger partial charge on any atom is -0.481 e. The van der Waals surface area contributed by atoms with Gasteiger partial charge in [0.25, 0.3) is 0 Å². The number of carboxylic acid groups (broad SMARTS) is 1. The lowest BCUT2D eigenvalue weighted by atomic mass is 9.86. The number of nitrogens with one attached hydrogen (secondary N) is 1. The first-order valence-corrected chi connectivity index (χ1v) is 8.24. The Morgan fingerprint density at radius 1 is 1.35 bits per heavy atom. The number of urea groups is 1. The van der Waals surface area contributed by atoms with Gasteiger partial charge < -0.3 is 14.5 Å². The molecular formula is C16H23N3O4. The molecule has 2 amide bonds. The van der Waals surface area contributed by atoms with Crippen molar-refractivity contribution in [3.05, 3.63) is 11.8 Å². The summed E-state index contributed by atoms with van der Waals surface area (Å²) >= 11 is 0. The van der Waals surface area contributed by atoms with E-state index >= 15 is 0 Å². The van der Waals surface area contributed by atoms with E-state index in [-0.39, 0.29) is 17.4 Å². The van der Waals surface area contributed by atoms with E-state index in [4.69, 9.17) is 9.63 Å². The van der Waals surface area contributed by atoms with Crippen LogP contribution in [0.2, 0.25) is 0 Å². The number of hydrogen-bond acceptors (Lipinski definition) is 4. The largest absolute Gasteiger partial charge is 0.481 e. The van der Waals surface area contributed by atoms with E-state index in [1.807, 2.05) is 6.07 Å². The van der Waals surface area contributed by atoms with Crippen molar-refractivity contribution in [3.8, 4) is 0 Å². The van der Waals surface area contributed by atoms with Gasteiger partial charge in [-0.15, -0.1) is 0 Å². The van der Waals surface area contributed by atoms with Crippen LogP contribution in [-0.4, -0.2) is 40.3 Å². The summed E-state index contributed by atoms with van der Waals surface area (Å²) in [7, 11) is 0. The Hall–Kier alpha value is -2.05. The Morgan fingerprint density at radius 2 is 2.00 bits per heavy atom. The van der Waals surface area contributed by atoms with Gasteiger partial charge in [0.15, 0.2) is 5.82 Å². The molecule has 0 radical (unpaired) electrons. The predicted molar refractivity (Wildman–Crippen MR) is 83.3 cm³/mol. The van der Waals surface area contributed by atoms with E-state index in [0.717, 1.165) is 18.6 Å². The quantitative estimate of drug-likeness (QED) is 0.892. The Balaban J connectivity index is 1.57. The molecule has 0 bridgehead atoms. The van der Waals surface area contributed by atoms with Crippen LogP contribution in [0.1, 0.15) is 51.2 Å². The topological polar surface area (TPSA) is 95.7 Å². The molecule has 1 aromatic rings. The average molecular weight is 321 g/mol. The van der Waals surface area contributed by atoms with Gasteiger partial charge in [-0.05, 0) is 25.7 Å². The van der Waals surface area contributed by atoms with Gasteiger partial charge in [0.05, 0.1) is 5.92 Å². The number of nitrogens with zero attached hydrogens (tertiary/aromatic N) is 2. The molecule has 7 heteroatoms. The van der Waals surface area contributed by atoms with Gasteiger partial charge in [-0.25, -0.2) is 4.79 Å². The van der Waals surface area contributed by atoms with E-state index in [0.29, 0.717) is 31.7 Å². The monoisotopic (exact) mass is 321 g/mol. The fraction of sp³-hybridized carbons (Fsp3) is 0.688. The number of aliphatic carboxylic acids is 1. The number of carboxylic acids is 1. The molecule has 1 aromatic heterocycles. The molecule has 23 heavy (non-hydrogen) atoms. The lowest BCUT2D eigenvalue weighted by Crippen LogP contribution is -2.42. The molecule has 2 N–H and O–H groups in total. The highest BCUT2D eigenvalue weighted by Gasteiger charge is 2.35. The zero-order chi connectivity index (χ0) is 16.4. The first-order valence-electron chi connectivity index (χ1n) is 8.24. The SMILES string of the molecule is CC1(c2cc(NC(=O)N3CCC(C(=O)O)CC3)no2)CCCC1. The van der Waals surface area contributed by atoms with Gasteiger partial charge in [0, 0.05) is 24.6 Å². The number of carbonyl (C=O) groups is 2. The number of aromatic nitrogens is 1. The van der Waals surface area contributed by atoms with Crippen molar-refractivity contribution in [2.24, 2.45) is 5.92 Å². The predicted octanol–water partition coefficient (Wildman–Crippen LogP) is 2.83. The summed E-state index contributed by atoms with van der Waals surface area (Å²) in [5.74, 6) is 0.129. The Morgan fingerprint density at radius 3 is 2.61 bits per heavy atom. The maximum atomic E-state index is 12.2. The molecule has 0 unspecified atom stereocenters. The molecule has 1 aliphatic carbocycles. The van der Waals surface area contributed by atoms with Crippen molar-refractivity contribution >= 4 is 17.8 Å². The van der Waals surface area contributed by atoms with Crippen LogP contribution in [0.25, 0.3) is 0 Å². The minimum absolute atomic E-state index is 0.0236. The molecule has 0 aromatic carbocycles. The van der Waals surface area contributed by atoms with E-state index < -0.39 is 5.97 Å². The zero-order valence-electron chi connectivity index (χ0n) is 13.4. The fourth-order valence-electron chi connectivity index (χ4n) is 3.54. The number of likely N-dealkylation sites (tertiary alicyclic amines) is 1. The van der Waals surface area contributed by atoms with Crippen molar-refractivity contribution in [2.75, 3.05) is 18.4 Å². The molecule has 2 fully saturated rings. The summed E-state index contributed by atoms with van der Waals surface area (Å²) in [4.78, 5) is 24.8. The number of amides is 2. The molecule has 1 aliphatic heterocycles. The van der Waals surface area contributed by atoms with E-state index in [9.17, 15) is 9.59 Å². The smallest absolute Gasteiger partial charge is 0.323 e. The van der Waals surface area contributed by atoms with Crippen molar-refractivity contribution < 1.29 is 19.2 Å². The van der Waals surface area contributed by atoms with Crippen molar-refractivity contribution in [1.82, 2.24) is 10.1 Å². The Kier molecular flexibility index (Phi) is 4.28. The van der Waals surface area contributed by atoms with Crippen LogP contribution in [0.3, 0.4) is 0 Å². The third-order valence-corrected chi connectivity index (χ3v) is 5.18. The van der Waals surface area contributed by atoms with Crippen molar-refractivity contribution in [1.29, 1.82) is 0 Å². The third kappa shape index (κ3) is 3.33. The summed E-state index contributed by atoms with van der Waals surface area (Å²) in [6, 6.07) is 1.57. The number of carbonyl (C=O) groups excluding carboxylic acids is 1. The Bertz CT molecular complexity index is 584. The molecule has 2 heterocycles. The standard InChI is InChI=1S/C16H23N3O4/c1-16(6-2-3-7-16)12-10-13(18-23-12)17-15(22)19-8-4-11(5-9-19)14(20)21/h10-11H,2-9H2,1H3,(H,20,21)(H,17,18,22). The molecule has 2 aliphatic rings. The second-order valence-corrected chi connectivity index (χ2v) is 6.87. The van der Waals surface area contributed by atoms with Crippen LogP contribution in [-0.2, 0) is 10.2 Å². The van der Waals surface area contributed by atoms with Crippen LogP contribution >= 0.6 is 0 Å². The maximum absolute atomic E-state index is 12.2. The highest BCUT2D eigenvalue weighted by Crippen LogP contribution is 2.41. The van der Waals surface area contributed by atoms with Crippen LogP contribution in [0, 0.1) is 5.92 Å². The summed E-state index contributed by atoms with van der Waals surface area (Å²) in [6.45, 7) is 3.07. The number of rotatable bonds is 3. The van der Waals surface area contributed by atoms with Gasteiger partial charge in [-0.3, -0.25) is 10.1 Å². The van der Waals surface area contributed by atoms with Crippen molar-refractivity contribution in [3.63, 3.8) is 0 Å². The lowest BCUT2D eigenvalue weighted by molar-refractivity contribution is -0.143. The summed E-state index contributed by atoms with van der Waals surface area (Å²) in [5.41, 5.74) is 0.0236. The molecule has 1 saturated heterocycles. The van der Waals surface area contributed by atoms with E-state index in [1.165, 1.54) is 12.8 Å². The second kappa shape index (κ2) is 6.22. The van der Waals surface area contributed by atoms with Gasteiger partial charge in [0.1, 0.15) is 5.76 Å². The Labute approximate surface area is 135 Å². The molecule has 1 saturated carbocycles. The molecule has 7 nitrogen and oxygen atoms in total. The highest BCUT2D eigenvalue weighted by molar-refractivity contribution is 5.88. The number of anilines is 1. The summed E-state index contributed by atoms with van der Waals surface area (Å²) in [5, 5.41) is 15.7. The minimum atomic E-state index is -0.781. The molecular weight excluding hydrogens is 298 g/mol. The van der Waals surface area contributed by atoms with E-state index in [2.05, 4.69) is 17.4 Å². The molecule has 0 spiro atoms. The van der Waals surface area contributed by atoms with E-state index in [1.54, 1.807) is 4.90 Å². The normalized spacial score (nSPS) is 21.3. The molecule has 0 atom stereocenters. The van der Waals surface area contributed by atoms with Crippen LogP contribution in [0.5, 0.6) is 0 Å². The average Bonchev–Trinajstić information content (AvgIpc) is 3.17. The first kappa shape index (κ1) is 15.8. The van der Waals surface area contributed by atoms with Crippen LogP contribution < -0.4 is 5.32 Å². The van der Waals surface area contributed by atoms with Crippen LogP contribution in [0.15, 0.2) is 10.6 Å². The van der Waals surface area contributed by atoms with Crippen LogP contribution in [0.4, 0.5) is 10.6 Å². The van der Waals surface area contributed by atoms with Crippen molar-refractivity contribution in [2.45, 2.75) is 50.9 Å². The maximum Gasteiger partial charge on any atom is 0.323 e. The van der Waals surface area contributed by atoms with Gasteiger partial charge >= 0.3 is 12.0 Å². The van der Waals surface area contributed by atoms with Gasteiger partial charge in [-0.1, -0.05) is 24.9 Å². The fourth-order valence-corrected chi connectivity index (χ4v) is 3.54. The summed E-state index contributed by atoms with van der Waals surface area (Å²) < 4.78 is 5.43. The first-order chi connectivity index (χ1) is 11.0. The van der Waals surface area contributed by atoms with Gasteiger partial charge in [0.2, 0.25) is 0 Å². The summed E-state index contributed by atoms with van der Waals surface area (Å²) in [6.07, 6.45) is 5.53. The third-order valence-electron chi connectivity index (χ3n) is 5.18. The van der Waals surface area contributed by atoms with Gasteiger partial charge in [-0.2, -0.15) is 0 Å². The zero-order valence-corrected chi connectivity index (χ0v) is 13.4. The highest BCUT2D eigenvalue weighted by atomic mass is 16.5. The number of piperidine rings is 1. The second-order valence-electron chi connectivity index (χ2n) is 6.87.